The van der Waals surface area contributed by atoms with Crippen LogP contribution in [-0.4, -0.2) is 26.0 Å². The smallest absolute Gasteiger partial charge is 0.265 e. The number of allylic oxidation sites excluding steroid dienone is 5. The Kier molecular flexibility index (Phi) is 4.26. The van der Waals surface area contributed by atoms with Crippen molar-refractivity contribution in [2.75, 3.05) is 0 Å². The van der Waals surface area contributed by atoms with Crippen LogP contribution in [0.5, 0.6) is 17.2 Å². The highest BCUT2D eigenvalue weighted by Crippen LogP contribution is 2.32. The Bertz CT molecular complexity index is 694. The molecule has 2 rings (SSSR count). The van der Waals surface area contributed by atoms with Crippen LogP contribution < -0.4 is 0 Å². The van der Waals surface area contributed by atoms with Crippen LogP contribution in [0, 0.1) is 16.0 Å². The molecule has 0 heterocycles. The monoisotopic (exact) mass is 303 g/mol. The van der Waals surface area contributed by atoms with Crippen molar-refractivity contribution in [2.45, 2.75) is 6.42 Å². The molecule has 1 atom stereocenters. The molecule has 22 heavy (non-hydrogen) atoms. The summed E-state index contributed by atoms with van der Waals surface area (Å²) in [5.74, 6) is -2.23. The molecule has 114 valence electrons. The Morgan fingerprint density at radius 1 is 1.27 bits per heavy atom. The summed E-state index contributed by atoms with van der Waals surface area (Å²) in [6.07, 6.45) is 7.49. The highest BCUT2D eigenvalue weighted by molar-refractivity contribution is 6.08. The molecule has 0 fully saturated rings. The van der Waals surface area contributed by atoms with Crippen LogP contribution in [0.1, 0.15) is 16.8 Å². The molecule has 1 aromatic rings. The van der Waals surface area contributed by atoms with Crippen LogP contribution in [0.2, 0.25) is 0 Å². The van der Waals surface area contributed by atoms with E-state index in [9.17, 15) is 30.2 Å². The zero-order valence-corrected chi connectivity index (χ0v) is 11.3. The van der Waals surface area contributed by atoms with E-state index in [-0.39, 0.29) is 22.9 Å². The van der Waals surface area contributed by atoms with E-state index in [1.54, 1.807) is 6.08 Å². The van der Waals surface area contributed by atoms with Crippen LogP contribution in [0.15, 0.2) is 48.2 Å². The molecule has 0 saturated carbocycles. The van der Waals surface area contributed by atoms with Crippen LogP contribution >= 0.6 is 0 Å². The molecule has 0 bridgehead atoms. The Labute approximate surface area is 125 Å². The third kappa shape index (κ3) is 3.32. The second kappa shape index (κ2) is 6.13. The average Bonchev–Trinajstić information content (AvgIpc) is 2.44. The Hall–Kier alpha value is -3.09. The van der Waals surface area contributed by atoms with E-state index < -0.39 is 22.2 Å². The summed E-state index contributed by atoms with van der Waals surface area (Å²) in [5, 5.41) is 38.9. The van der Waals surface area contributed by atoms with Crippen LogP contribution in [0.3, 0.4) is 0 Å². The summed E-state index contributed by atoms with van der Waals surface area (Å²) in [6, 6.07) is 1.90. The van der Waals surface area contributed by atoms with E-state index in [1.807, 2.05) is 0 Å². The predicted octanol–water partition coefficient (Wildman–Crippen LogP) is 2.28. The zero-order chi connectivity index (χ0) is 16.3. The van der Waals surface area contributed by atoms with Crippen molar-refractivity contribution in [1.82, 2.24) is 0 Å². The number of aromatic hydroxyl groups is 3. The first-order valence-electron chi connectivity index (χ1n) is 6.38. The van der Waals surface area contributed by atoms with E-state index in [0.29, 0.717) is 6.42 Å². The Morgan fingerprint density at radius 3 is 2.41 bits per heavy atom. The first-order valence-corrected chi connectivity index (χ1v) is 6.38. The number of ketones is 1. The van der Waals surface area contributed by atoms with Gasteiger partial charge in [-0.25, -0.2) is 0 Å². The number of carbonyl (C=O) groups is 1. The number of carbonyl (C=O) groups excluding carboxylic acids is 1. The topological polar surface area (TPSA) is 121 Å². The summed E-state index contributed by atoms with van der Waals surface area (Å²) >= 11 is 0. The van der Waals surface area contributed by atoms with Gasteiger partial charge in [-0.15, -0.1) is 0 Å². The molecule has 0 aliphatic heterocycles. The third-order valence-electron chi connectivity index (χ3n) is 3.15. The minimum Gasteiger partial charge on any atom is -0.508 e. The van der Waals surface area contributed by atoms with Crippen molar-refractivity contribution < 1.29 is 25.0 Å². The van der Waals surface area contributed by atoms with E-state index in [1.165, 1.54) is 24.3 Å². The first kappa shape index (κ1) is 15.3. The molecule has 7 heteroatoms. The van der Waals surface area contributed by atoms with E-state index in [2.05, 4.69) is 0 Å². The molecular formula is C15H13NO6. The molecular weight excluding hydrogens is 290 g/mol. The molecule has 3 N–H and O–H groups in total. The van der Waals surface area contributed by atoms with Crippen LogP contribution in [0.25, 0.3) is 0 Å². The Morgan fingerprint density at radius 2 is 1.91 bits per heavy atom. The van der Waals surface area contributed by atoms with Crippen LogP contribution in [-0.2, 0) is 0 Å². The minimum atomic E-state index is -0.632. The fraction of sp³-hybridized carbons (Fsp3) is 0.133. The lowest BCUT2D eigenvalue weighted by molar-refractivity contribution is -0.419. The maximum atomic E-state index is 12.0. The van der Waals surface area contributed by atoms with Gasteiger partial charge in [0, 0.05) is 18.2 Å². The lowest BCUT2D eigenvalue weighted by atomic mass is 9.97. The number of phenolic OH excluding ortho intramolecular Hbond substituents is 3. The summed E-state index contributed by atoms with van der Waals surface area (Å²) < 4.78 is 0. The van der Waals surface area contributed by atoms with Gasteiger partial charge in [0.2, 0.25) is 0 Å². The maximum absolute atomic E-state index is 12.0. The number of nitrogens with zero attached hydrogens (tertiary/aromatic N) is 1. The van der Waals surface area contributed by atoms with Gasteiger partial charge in [0.15, 0.2) is 5.78 Å². The molecule has 1 aliphatic carbocycles. The lowest BCUT2D eigenvalue weighted by Crippen LogP contribution is -2.04. The van der Waals surface area contributed by atoms with Crippen LogP contribution in [0.4, 0.5) is 0 Å². The van der Waals surface area contributed by atoms with Crippen molar-refractivity contribution in [1.29, 1.82) is 0 Å². The molecule has 1 aromatic carbocycles. The number of phenols is 3. The van der Waals surface area contributed by atoms with Crippen molar-refractivity contribution in [3.63, 3.8) is 0 Å². The van der Waals surface area contributed by atoms with Gasteiger partial charge in [-0.3, -0.25) is 14.9 Å². The number of hydrogen-bond donors (Lipinski definition) is 3. The highest BCUT2D eigenvalue weighted by Gasteiger charge is 2.17. The van der Waals surface area contributed by atoms with Gasteiger partial charge < -0.3 is 15.3 Å². The Balaban J connectivity index is 2.11. The van der Waals surface area contributed by atoms with Crippen molar-refractivity contribution in [3.8, 4) is 17.2 Å². The quantitative estimate of drug-likeness (QED) is 0.339. The third-order valence-corrected chi connectivity index (χ3v) is 3.15. The normalized spacial score (nSPS) is 17.5. The van der Waals surface area contributed by atoms with E-state index in [0.717, 1.165) is 12.1 Å². The van der Waals surface area contributed by atoms with Crippen molar-refractivity contribution in [3.05, 3.63) is 63.9 Å². The number of rotatable bonds is 4. The second-order valence-electron chi connectivity index (χ2n) is 4.73. The van der Waals surface area contributed by atoms with Crippen molar-refractivity contribution in [2.24, 2.45) is 5.92 Å². The van der Waals surface area contributed by atoms with E-state index in [4.69, 9.17) is 0 Å². The highest BCUT2D eigenvalue weighted by atomic mass is 16.6. The van der Waals surface area contributed by atoms with Gasteiger partial charge in [-0.05, 0) is 24.5 Å². The SMILES string of the molecule is O=C(/C=C/C1C=CC([N+](=O)[O-])=CC1)c1c(O)cc(O)cc1O. The largest absolute Gasteiger partial charge is 0.508 e. The number of benzene rings is 1. The van der Waals surface area contributed by atoms with Gasteiger partial charge in [-0.1, -0.05) is 12.2 Å². The summed E-state index contributed by atoms with van der Waals surface area (Å²) in [7, 11) is 0. The summed E-state index contributed by atoms with van der Waals surface area (Å²) in [5.41, 5.74) is -0.305. The molecule has 0 radical (unpaired) electrons. The van der Waals surface area contributed by atoms with E-state index >= 15 is 0 Å². The molecule has 1 aliphatic rings. The molecule has 0 aromatic heterocycles. The standard InChI is InChI=1S/C15H13NO6/c17-11-7-13(19)15(14(20)8-11)12(18)6-3-9-1-4-10(5-2-9)16(21)22/h1,3-9,17,19-20H,2H2/b6-3+. The maximum Gasteiger partial charge on any atom is 0.265 e. The van der Waals surface area contributed by atoms with Gasteiger partial charge in [0.05, 0.1) is 4.92 Å². The average molecular weight is 303 g/mol. The molecule has 0 saturated heterocycles. The minimum absolute atomic E-state index is 0.00444. The summed E-state index contributed by atoms with van der Waals surface area (Å²) in [4.78, 5) is 22.0. The predicted molar refractivity (Wildman–Crippen MR) is 77.2 cm³/mol. The molecule has 0 spiro atoms. The second-order valence-corrected chi connectivity index (χ2v) is 4.73. The van der Waals surface area contributed by atoms with Gasteiger partial charge in [0.1, 0.15) is 22.8 Å². The van der Waals surface area contributed by atoms with Gasteiger partial charge in [0.25, 0.3) is 5.70 Å². The molecule has 0 amide bonds. The van der Waals surface area contributed by atoms with Crippen molar-refractivity contribution >= 4 is 5.78 Å². The zero-order valence-electron chi connectivity index (χ0n) is 11.3. The van der Waals surface area contributed by atoms with Gasteiger partial charge in [-0.2, -0.15) is 0 Å². The molecule has 7 nitrogen and oxygen atoms in total. The van der Waals surface area contributed by atoms with Gasteiger partial charge >= 0.3 is 0 Å². The fourth-order valence-corrected chi connectivity index (χ4v) is 2.05. The summed E-state index contributed by atoms with van der Waals surface area (Å²) in [6.45, 7) is 0. The lowest BCUT2D eigenvalue weighted by Gasteiger charge is -2.08. The fourth-order valence-electron chi connectivity index (χ4n) is 2.05. The number of hydrogen-bond acceptors (Lipinski definition) is 6. The first-order chi connectivity index (χ1) is 10.4. The molecule has 1 unspecified atom stereocenters. The number of nitro groups is 1.